The van der Waals surface area contributed by atoms with Crippen LogP contribution in [0.25, 0.3) is 0 Å². The quantitative estimate of drug-likeness (QED) is 0.634. The van der Waals surface area contributed by atoms with Crippen LogP contribution in [0.15, 0.2) is 60.7 Å². The van der Waals surface area contributed by atoms with Crippen LogP contribution in [0.2, 0.25) is 0 Å². The second-order valence-corrected chi connectivity index (χ2v) is 7.63. The molecule has 1 unspecified atom stereocenters. The van der Waals surface area contributed by atoms with Gasteiger partial charge in [-0.05, 0) is 55.5 Å². The molecule has 5 heteroatoms. The lowest BCUT2D eigenvalue weighted by molar-refractivity contribution is -0.137. The van der Waals surface area contributed by atoms with Gasteiger partial charge in [0.05, 0.1) is 24.0 Å². The van der Waals surface area contributed by atoms with Crippen molar-refractivity contribution in [3.63, 3.8) is 0 Å². The lowest BCUT2D eigenvalue weighted by atomic mass is 9.86. The van der Waals surface area contributed by atoms with Crippen LogP contribution in [-0.2, 0) is 24.8 Å². The molecule has 0 aliphatic heterocycles. The summed E-state index contributed by atoms with van der Waals surface area (Å²) in [5.74, 6) is 0.704. The van der Waals surface area contributed by atoms with E-state index >= 15 is 0 Å². The molecule has 4 rings (SSSR count). The Kier molecular flexibility index (Phi) is 5.65. The second-order valence-electron chi connectivity index (χ2n) is 7.63. The summed E-state index contributed by atoms with van der Waals surface area (Å²) in [6.07, 6.45) is 3.11. The minimum atomic E-state index is -0.00518. The fourth-order valence-corrected chi connectivity index (χ4v) is 4.16. The number of amides is 1. The van der Waals surface area contributed by atoms with Gasteiger partial charge in [-0.2, -0.15) is 5.10 Å². The van der Waals surface area contributed by atoms with Gasteiger partial charge in [-0.1, -0.05) is 42.5 Å². The minimum absolute atomic E-state index is 0.00518. The molecule has 1 aromatic heterocycles. The molecule has 1 atom stereocenters. The lowest BCUT2D eigenvalue weighted by Crippen LogP contribution is -2.39. The third-order valence-electron chi connectivity index (χ3n) is 5.57. The lowest BCUT2D eigenvalue weighted by Gasteiger charge is -2.36. The van der Waals surface area contributed by atoms with Crippen molar-refractivity contribution in [2.24, 2.45) is 7.05 Å². The largest absolute Gasteiger partial charge is 0.484 e. The fraction of sp³-hybridized carbons (Fsp3) is 0.333. The molecule has 2 aromatic carbocycles. The van der Waals surface area contributed by atoms with E-state index in [1.807, 2.05) is 60.0 Å². The predicted octanol–water partition coefficient (Wildman–Crippen LogP) is 4.21. The van der Waals surface area contributed by atoms with Gasteiger partial charge in [0, 0.05) is 7.05 Å². The first-order valence-electron chi connectivity index (χ1n) is 10.2. The predicted molar refractivity (Wildman–Crippen MR) is 113 cm³/mol. The third kappa shape index (κ3) is 4.34. The first-order chi connectivity index (χ1) is 14.1. The molecule has 0 saturated carbocycles. The van der Waals surface area contributed by atoms with Crippen molar-refractivity contribution < 1.29 is 9.53 Å². The van der Waals surface area contributed by atoms with Crippen LogP contribution in [0.1, 0.15) is 41.4 Å². The normalized spacial score (nSPS) is 15.6. The number of nitrogens with zero attached hydrogens (tertiary/aromatic N) is 3. The average Bonchev–Trinajstić information content (AvgIpc) is 3.07. The SMILES string of the molecule is Cc1cc(CN(C(=O)COc2ccccc2)C2CCCc3ccccc32)n(C)n1. The van der Waals surface area contributed by atoms with E-state index in [1.165, 1.54) is 11.1 Å². The molecule has 1 aliphatic rings. The molecule has 3 aromatic rings. The number of hydrogen-bond acceptors (Lipinski definition) is 3. The van der Waals surface area contributed by atoms with E-state index in [-0.39, 0.29) is 18.6 Å². The molecule has 1 amide bonds. The molecular weight excluding hydrogens is 362 g/mol. The number of hydrogen-bond donors (Lipinski definition) is 0. The van der Waals surface area contributed by atoms with E-state index in [0.717, 1.165) is 30.7 Å². The molecule has 29 heavy (non-hydrogen) atoms. The monoisotopic (exact) mass is 389 g/mol. The molecule has 150 valence electrons. The van der Waals surface area contributed by atoms with E-state index in [0.29, 0.717) is 12.3 Å². The van der Waals surface area contributed by atoms with E-state index in [2.05, 4.69) is 29.4 Å². The number of benzene rings is 2. The maximum Gasteiger partial charge on any atom is 0.261 e. The number of carbonyl (C=O) groups excluding carboxylic acids is 1. The van der Waals surface area contributed by atoms with Gasteiger partial charge in [-0.3, -0.25) is 9.48 Å². The number of ether oxygens (including phenoxy) is 1. The summed E-state index contributed by atoms with van der Waals surface area (Å²) in [4.78, 5) is 15.3. The maximum atomic E-state index is 13.3. The molecule has 1 heterocycles. The first kappa shape index (κ1) is 19.2. The Hall–Kier alpha value is -3.08. The number of fused-ring (bicyclic) bond motifs is 1. The summed E-state index contributed by atoms with van der Waals surface area (Å²) in [6.45, 7) is 2.52. The van der Waals surface area contributed by atoms with Gasteiger partial charge in [0.15, 0.2) is 6.61 Å². The molecule has 0 spiro atoms. The van der Waals surface area contributed by atoms with Crippen LogP contribution in [0, 0.1) is 6.92 Å². The van der Waals surface area contributed by atoms with Crippen LogP contribution in [0.4, 0.5) is 0 Å². The third-order valence-corrected chi connectivity index (χ3v) is 5.57. The summed E-state index contributed by atoms with van der Waals surface area (Å²) in [5, 5.41) is 4.45. The van der Waals surface area contributed by atoms with Crippen molar-refractivity contribution in [1.82, 2.24) is 14.7 Å². The minimum Gasteiger partial charge on any atom is -0.484 e. The first-order valence-corrected chi connectivity index (χ1v) is 10.2. The Labute approximate surface area is 171 Å². The molecule has 1 aliphatic carbocycles. The average molecular weight is 389 g/mol. The molecule has 0 radical (unpaired) electrons. The topological polar surface area (TPSA) is 47.4 Å². The number of para-hydroxylation sites is 1. The van der Waals surface area contributed by atoms with Crippen molar-refractivity contribution in [3.8, 4) is 5.75 Å². The van der Waals surface area contributed by atoms with Crippen molar-refractivity contribution in [3.05, 3.63) is 83.2 Å². The number of carbonyl (C=O) groups is 1. The van der Waals surface area contributed by atoms with Gasteiger partial charge in [0.1, 0.15) is 5.75 Å². The summed E-state index contributed by atoms with van der Waals surface area (Å²) < 4.78 is 7.65. The van der Waals surface area contributed by atoms with Crippen LogP contribution in [0.3, 0.4) is 0 Å². The Morgan fingerprint density at radius 2 is 1.93 bits per heavy atom. The maximum absolute atomic E-state index is 13.3. The zero-order valence-electron chi connectivity index (χ0n) is 17.0. The van der Waals surface area contributed by atoms with E-state index in [1.54, 1.807) is 0 Å². The molecule has 0 N–H and O–H groups in total. The molecule has 0 bridgehead atoms. The van der Waals surface area contributed by atoms with Crippen LogP contribution >= 0.6 is 0 Å². The Balaban J connectivity index is 1.60. The molecule has 0 fully saturated rings. The number of aryl methyl sites for hydroxylation is 3. The van der Waals surface area contributed by atoms with Gasteiger partial charge in [0.25, 0.3) is 5.91 Å². The van der Waals surface area contributed by atoms with Gasteiger partial charge >= 0.3 is 0 Å². The highest BCUT2D eigenvalue weighted by Gasteiger charge is 2.30. The standard InChI is InChI=1S/C24H27N3O2/c1-18-15-20(26(2)25-18)16-27(24(28)17-29-21-11-4-3-5-12-21)23-14-8-10-19-9-6-7-13-22(19)23/h3-7,9,11-13,15,23H,8,10,14,16-17H2,1-2H3. The van der Waals surface area contributed by atoms with Crippen LogP contribution in [-0.4, -0.2) is 27.2 Å². The molecular formula is C24H27N3O2. The van der Waals surface area contributed by atoms with Gasteiger partial charge in [0.2, 0.25) is 0 Å². The highest BCUT2D eigenvalue weighted by molar-refractivity contribution is 5.78. The van der Waals surface area contributed by atoms with Gasteiger partial charge in [-0.15, -0.1) is 0 Å². The Morgan fingerprint density at radius 3 is 2.69 bits per heavy atom. The smallest absolute Gasteiger partial charge is 0.261 e. The second kappa shape index (κ2) is 8.52. The summed E-state index contributed by atoms with van der Waals surface area (Å²) in [6, 6.07) is 20.1. The Morgan fingerprint density at radius 1 is 1.17 bits per heavy atom. The zero-order valence-corrected chi connectivity index (χ0v) is 17.0. The van der Waals surface area contributed by atoms with Crippen molar-refractivity contribution in [2.75, 3.05) is 6.61 Å². The fourth-order valence-electron chi connectivity index (χ4n) is 4.16. The van der Waals surface area contributed by atoms with Crippen LogP contribution < -0.4 is 4.74 Å². The highest BCUT2D eigenvalue weighted by atomic mass is 16.5. The van der Waals surface area contributed by atoms with Crippen molar-refractivity contribution in [1.29, 1.82) is 0 Å². The Bertz CT molecular complexity index is 981. The molecule has 0 saturated heterocycles. The highest BCUT2D eigenvalue weighted by Crippen LogP contribution is 2.35. The van der Waals surface area contributed by atoms with Gasteiger partial charge < -0.3 is 9.64 Å². The van der Waals surface area contributed by atoms with E-state index in [4.69, 9.17) is 4.74 Å². The zero-order chi connectivity index (χ0) is 20.2. The van der Waals surface area contributed by atoms with E-state index < -0.39 is 0 Å². The summed E-state index contributed by atoms with van der Waals surface area (Å²) >= 11 is 0. The van der Waals surface area contributed by atoms with E-state index in [9.17, 15) is 4.79 Å². The summed E-state index contributed by atoms with van der Waals surface area (Å²) in [7, 11) is 1.93. The van der Waals surface area contributed by atoms with Crippen LogP contribution in [0.5, 0.6) is 5.75 Å². The van der Waals surface area contributed by atoms with Gasteiger partial charge in [-0.25, -0.2) is 0 Å². The van der Waals surface area contributed by atoms with Crippen molar-refractivity contribution >= 4 is 5.91 Å². The van der Waals surface area contributed by atoms with Crippen molar-refractivity contribution in [2.45, 2.75) is 38.8 Å². The number of rotatable bonds is 6. The summed E-state index contributed by atoms with van der Waals surface area (Å²) in [5.41, 5.74) is 4.58. The number of aromatic nitrogens is 2. The molecule has 5 nitrogen and oxygen atoms in total.